The molecule has 0 radical (unpaired) electrons. The van der Waals surface area contributed by atoms with Gasteiger partial charge in [-0.15, -0.1) is 0 Å². The predicted octanol–water partition coefficient (Wildman–Crippen LogP) is 4.78. The molecule has 6 heteroatoms. The second kappa shape index (κ2) is 7.76. The summed E-state index contributed by atoms with van der Waals surface area (Å²) in [7, 11) is 1.56. The molecule has 0 heterocycles. The van der Waals surface area contributed by atoms with Crippen molar-refractivity contribution >= 4 is 23.4 Å². The highest BCUT2D eigenvalue weighted by molar-refractivity contribution is 6.30. The third-order valence-electron chi connectivity index (χ3n) is 3.35. The summed E-state index contributed by atoms with van der Waals surface area (Å²) in [5, 5.41) is 13.9. The molecule has 0 aliphatic carbocycles. The van der Waals surface area contributed by atoms with Crippen molar-refractivity contribution in [3.8, 4) is 5.75 Å². The molecule has 1 unspecified atom stereocenters. The van der Waals surface area contributed by atoms with Crippen LogP contribution in [0.1, 0.15) is 38.0 Å². The SMILES string of the molecule is COc1cccc(C(O)c2cc(Cl)ccc2NC(=O)OC(C)(C)C)c1. The highest BCUT2D eigenvalue weighted by Crippen LogP contribution is 2.32. The van der Waals surface area contributed by atoms with Crippen molar-refractivity contribution < 1.29 is 19.4 Å². The van der Waals surface area contributed by atoms with E-state index in [0.717, 1.165) is 0 Å². The smallest absolute Gasteiger partial charge is 0.412 e. The summed E-state index contributed by atoms with van der Waals surface area (Å²) in [6, 6.07) is 11.9. The van der Waals surface area contributed by atoms with Gasteiger partial charge < -0.3 is 14.6 Å². The highest BCUT2D eigenvalue weighted by Gasteiger charge is 2.20. The van der Waals surface area contributed by atoms with E-state index in [1.54, 1.807) is 70.3 Å². The fourth-order valence-corrected chi connectivity index (χ4v) is 2.46. The topological polar surface area (TPSA) is 67.8 Å². The number of aliphatic hydroxyl groups is 1. The minimum Gasteiger partial charge on any atom is -0.497 e. The van der Waals surface area contributed by atoms with Crippen LogP contribution >= 0.6 is 11.6 Å². The van der Waals surface area contributed by atoms with E-state index in [1.165, 1.54) is 0 Å². The number of carbonyl (C=O) groups is 1. The number of ether oxygens (including phenoxy) is 2. The lowest BCUT2D eigenvalue weighted by Gasteiger charge is -2.22. The van der Waals surface area contributed by atoms with E-state index < -0.39 is 17.8 Å². The molecule has 0 bridgehead atoms. The third kappa shape index (κ3) is 5.37. The summed E-state index contributed by atoms with van der Waals surface area (Å²) in [6.07, 6.45) is -1.59. The first-order valence-corrected chi connectivity index (χ1v) is 8.19. The number of halogens is 1. The Hall–Kier alpha value is -2.24. The van der Waals surface area contributed by atoms with Crippen LogP contribution in [-0.4, -0.2) is 23.9 Å². The standard InChI is InChI=1S/C19H22ClNO4/c1-19(2,3)25-18(23)21-16-9-8-13(20)11-15(16)17(22)12-6-5-7-14(10-12)24-4/h5-11,17,22H,1-4H3,(H,21,23). The van der Waals surface area contributed by atoms with Crippen LogP contribution in [0, 0.1) is 0 Å². The number of amides is 1. The Kier molecular flexibility index (Phi) is 5.93. The molecule has 0 aliphatic heterocycles. The van der Waals surface area contributed by atoms with Crippen LogP contribution in [0.5, 0.6) is 5.75 Å². The van der Waals surface area contributed by atoms with Crippen molar-refractivity contribution in [3.63, 3.8) is 0 Å². The molecule has 0 fully saturated rings. The Morgan fingerprint density at radius 2 is 1.92 bits per heavy atom. The van der Waals surface area contributed by atoms with Crippen LogP contribution in [0.15, 0.2) is 42.5 Å². The van der Waals surface area contributed by atoms with Gasteiger partial charge in [0, 0.05) is 10.6 Å². The van der Waals surface area contributed by atoms with Crippen molar-refractivity contribution in [2.45, 2.75) is 32.5 Å². The summed E-state index contributed by atoms with van der Waals surface area (Å²) in [5.74, 6) is 0.625. The number of rotatable bonds is 4. The van der Waals surface area contributed by atoms with Gasteiger partial charge >= 0.3 is 6.09 Å². The molecular formula is C19H22ClNO4. The lowest BCUT2D eigenvalue weighted by molar-refractivity contribution is 0.0635. The van der Waals surface area contributed by atoms with Crippen molar-refractivity contribution in [1.29, 1.82) is 0 Å². The highest BCUT2D eigenvalue weighted by atomic mass is 35.5. The van der Waals surface area contributed by atoms with Crippen molar-refractivity contribution in [2.75, 3.05) is 12.4 Å². The van der Waals surface area contributed by atoms with Gasteiger partial charge in [-0.1, -0.05) is 23.7 Å². The number of aliphatic hydroxyl groups excluding tert-OH is 1. The molecule has 134 valence electrons. The van der Waals surface area contributed by atoms with Gasteiger partial charge in [-0.2, -0.15) is 0 Å². The molecule has 1 amide bonds. The quantitative estimate of drug-likeness (QED) is 0.820. The normalized spacial score (nSPS) is 12.4. The Balaban J connectivity index is 2.33. The molecule has 2 rings (SSSR count). The fraction of sp³-hybridized carbons (Fsp3) is 0.316. The van der Waals surface area contributed by atoms with Crippen LogP contribution in [-0.2, 0) is 4.74 Å². The maximum absolute atomic E-state index is 12.1. The lowest BCUT2D eigenvalue weighted by Crippen LogP contribution is -2.27. The Morgan fingerprint density at radius 1 is 1.20 bits per heavy atom. The first kappa shape index (κ1) is 19.1. The van der Waals surface area contributed by atoms with Gasteiger partial charge in [-0.05, 0) is 56.7 Å². The number of hydrogen-bond acceptors (Lipinski definition) is 4. The predicted molar refractivity (Wildman–Crippen MR) is 98.4 cm³/mol. The van der Waals surface area contributed by atoms with Crippen molar-refractivity contribution in [2.24, 2.45) is 0 Å². The molecule has 0 saturated carbocycles. The fourth-order valence-electron chi connectivity index (χ4n) is 2.28. The maximum atomic E-state index is 12.1. The summed E-state index contributed by atoms with van der Waals surface area (Å²) >= 11 is 6.07. The number of benzene rings is 2. The zero-order valence-electron chi connectivity index (χ0n) is 14.7. The molecule has 0 spiro atoms. The van der Waals surface area contributed by atoms with Gasteiger partial charge in [0.25, 0.3) is 0 Å². The third-order valence-corrected chi connectivity index (χ3v) is 3.59. The van der Waals surface area contributed by atoms with Crippen LogP contribution < -0.4 is 10.1 Å². The number of hydrogen-bond donors (Lipinski definition) is 2. The summed E-state index contributed by atoms with van der Waals surface area (Å²) in [4.78, 5) is 12.1. The largest absolute Gasteiger partial charge is 0.497 e. The van der Waals surface area contributed by atoms with E-state index in [9.17, 15) is 9.90 Å². The molecule has 0 saturated heterocycles. The maximum Gasteiger partial charge on any atom is 0.412 e. The van der Waals surface area contributed by atoms with E-state index in [-0.39, 0.29) is 0 Å². The Labute approximate surface area is 152 Å². The number of carbonyl (C=O) groups excluding carboxylic acids is 1. The zero-order chi connectivity index (χ0) is 18.6. The second-order valence-electron chi connectivity index (χ2n) is 6.54. The lowest BCUT2D eigenvalue weighted by atomic mass is 9.99. The van der Waals surface area contributed by atoms with Crippen LogP contribution in [0.4, 0.5) is 10.5 Å². The zero-order valence-corrected chi connectivity index (χ0v) is 15.4. The summed E-state index contributed by atoms with van der Waals surface area (Å²) in [5.41, 5.74) is 0.886. The minimum atomic E-state index is -0.987. The number of anilines is 1. The molecular weight excluding hydrogens is 342 g/mol. The van der Waals surface area contributed by atoms with Gasteiger partial charge in [0.1, 0.15) is 17.5 Å². The molecule has 0 aliphatic rings. The van der Waals surface area contributed by atoms with Crippen molar-refractivity contribution in [1.82, 2.24) is 0 Å². The first-order valence-electron chi connectivity index (χ1n) is 7.81. The van der Waals surface area contributed by atoms with E-state index in [4.69, 9.17) is 21.1 Å². The van der Waals surface area contributed by atoms with Gasteiger partial charge in [0.05, 0.1) is 12.8 Å². The number of methoxy groups -OCH3 is 1. The summed E-state index contributed by atoms with van der Waals surface area (Å²) in [6.45, 7) is 5.33. The molecule has 2 N–H and O–H groups in total. The Bertz CT molecular complexity index is 755. The van der Waals surface area contributed by atoms with Crippen molar-refractivity contribution in [3.05, 3.63) is 58.6 Å². The average Bonchev–Trinajstić information content (AvgIpc) is 2.54. The second-order valence-corrected chi connectivity index (χ2v) is 6.97. The van der Waals surface area contributed by atoms with E-state index in [0.29, 0.717) is 27.6 Å². The molecule has 5 nitrogen and oxygen atoms in total. The molecule has 2 aromatic carbocycles. The van der Waals surface area contributed by atoms with Gasteiger partial charge in [0.15, 0.2) is 0 Å². The van der Waals surface area contributed by atoms with E-state index in [1.807, 2.05) is 0 Å². The van der Waals surface area contributed by atoms with Crippen LogP contribution in [0.25, 0.3) is 0 Å². The van der Waals surface area contributed by atoms with Gasteiger partial charge in [-0.25, -0.2) is 4.79 Å². The molecule has 25 heavy (non-hydrogen) atoms. The summed E-state index contributed by atoms with van der Waals surface area (Å²) < 4.78 is 10.5. The van der Waals surface area contributed by atoms with E-state index in [2.05, 4.69) is 5.32 Å². The molecule has 0 aromatic heterocycles. The average molecular weight is 364 g/mol. The minimum absolute atomic E-state index is 0.425. The monoisotopic (exact) mass is 363 g/mol. The van der Waals surface area contributed by atoms with E-state index >= 15 is 0 Å². The van der Waals surface area contributed by atoms with Gasteiger partial charge in [0.2, 0.25) is 0 Å². The Morgan fingerprint density at radius 3 is 2.56 bits per heavy atom. The van der Waals surface area contributed by atoms with Crippen LogP contribution in [0.2, 0.25) is 5.02 Å². The van der Waals surface area contributed by atoms with Gasteiger partial charge in [-0.3, -0.25) is 5.32 Å². The number of nitrogens with one attached hydrogen (secondary N) is 1. The first-order chi connectivity index (χ1) is 11.7. The van der Waals surface area contributed by atoms with Crippen LogP contribution in [0.3, 0.4) is 0 Å². The molecule has 2 aromatic rings. The molecule has 1 atom stereocenters.